The highest BCUT2D eigenvalue weighted by Crippen LogP contribution is 2.03. The van der Waals surface area contributed by atoms with Gasteiger partial charge >= 0.3 is 11.9 Å². The molecule has 0 radical (unpaired) electrons. The van der Waals surface area contributed by atoms with Gasteiger partial charge in [-0.1, -0.05) is 0 Å². The minimum Gasteiger partial charge on any atom is -0.481 e. The summed E-state index contributed by atoms with van der Waals surface area (Å²) in [6.07, 6.45) is -1.52. The van der Waals surface area contributed by atoms with Crippen molar-refractivity contribution in [3.8, 4) is 0 Å². The Morgan fingerprint density at radius 2 is 1.37 bits per heavy atom. The monoisotopic (exact) mass is 433 g/mol. The van der Waals surface area contributed by atoms with E-state index in [-0.39, 0.29) is 19.3 Å². The van der Waals surface area contributed by atoms with E-state index in [1.165, 1.54) is 6.92 Å². The number of carbonyl (C=O) groups is 6. The standard InChI is InChI=1S/C16H27N5O9/c1-7(19-14(27)8(17)6-22)13(26)20-9(3-5-12(24)25)15(28)21-10(16(29)30)2-4-11(18)23/h7-10,22H,2-6,17H2,1H3,(H2,18,23)(H,19,27)(H,20,26)(H,21,28)(H,24,25)(H,29,30). The Balaban J connectivity index is 5.18. The fourth-order valence-corrected chi connectivity index (χ4v) is 2.12. The van der Waals surface area contributed by atoms with E-state index >= 15 is 0 Å². The number of aliphatic carboxylic acids is 2. The van der Waals surface area contributed by atoms with Gasteiger partial charge in [-0.25, -0.2) is 4.79 Å². The number of hydrogen-bond acceptors (Lipinski definition) is 8. The Kier molecular flexibility index (Phi) is 11.6. The maximum atomic E-state index is 12.4. The van der Waals surface area contributed by atoms with Crippen LogP contribution in [0.2, 0.25) is 0 Å². The van der Waals surface area contributed by atoms with Gasteiger partial charge in [0.25, 0.3) is 0 Å². The van der Waals surface area contributed by atoms with Gasteiger partial charge in [-0.15, -0.1) is 0 Å². The zero-order valence-electron chi connectivity index (χ0n) is 16.3. The molecule has 0 saturated carbocycles. The zero-order chi connectivity index (χ0) is 23.4. The predicted molar refractivity (Wildman–Crippen MR) is 99.5 cm³/mol. The van der Waals surface area contributed by atoms with Crippen molar-refractivity contribution < 1.29 is 44.1 Å². The molecule has 30 heavy (non-hydrogen) atoms. The quantitative estimate of drug-likeness (QED) is 0.132. The Morgan fingerprint density at radius 3 is 1.83 bits per heavy atom. The number of amides is 4. The summed E-state index contributed by atoms with van der Waals surface area (Å²) in [4.78, 5) is 69.2. The van der Waals surface area contributed by atoms with Crippen LogP contribution in [0.4, 0.5) is 0 Å². The van der Waals surface area contributed by atoms with Crippen LogP contribution in [0.5, 0.6) is 0 Å². The summed E-state index contributed by atoms with van der Waals surface area (Å²) in [5.41, 5.74) is 10.3. The number of primary amides is 1. The summed E-state index contributed by atoms with van der Waals surface area (Å²) in [6, 6.07) is -5.39. The largest absolute Gasteiger partial charge is 0.481 e. The van der Waals surface area contributed by atoms with Crippen LogP contribution >= 0.6 is 0 Å². The molecule has 0 aromatic rings. The Labute approximate surface area is 171 Å². The van der Waals surface area contributed by atoms with Gasteiger partial charge in [-0.05, 0) is 19.8 Å². The second-order valence-electron chi connectivity index (χ2n) is 6.42. The number of carboxylic acid groups (broad SMARTS) is 2. The lowest BCUT2D eigenvalue weighted by Crippen LogP contribution is -2.56. The van der Waals surface area contributed by atoms with Crippen molar-refractivity contribution in [2.45, 2.75) is 56.8 Å². The summed E-state index contributed by atoms with van der Waals surface area (Å²) in [5.74, 6) is -6.19. The number of nitrogens with two attached hydrogens (primary N) is 2. The van der Waals surface area contributed by atoms with E-state index in [9.17, 15) is 28.8 Å². The van der Waals surface area contributed by atoms with Gasteiger partial charge in [0, 0.05) is 12.8 Å². The maximum absolute atomic E-state index is 12.4. The first-order valence-electron chi connectivity index (χ1n) is 8.89. The normalized spacial score (nSPS) is 14.5. The van der Waals surface area contributed by atoms with Crippen LogP contribution in [0.3, 0.4) is 0 Å². The first-order valence-corrected chi connectivity index (χ1v) is 8.89. The fourth-order valence-electron chi connectivity index (χ4n) is 2.12. The maximum Gasteiger partial charge on any atom is 0.326 e. The van der Waals surface area contributed by atoms with Crippen LogP contribution in [0, 0.1) is 0 Å². The third kappa shape index (κ3) is 10.3. The van der Waals surface area contributed by atoms with Crippen LogP contribution in [0.15, 0.2) is 0 Å². The van der Waals surface area contributed by atoms with Gasteiger partial charge in [0.2, 0.25) is 23.6 Å². The molecule has 4 atom stereocenters. The second-order valence-corrected chi connectivity index (χ2v) is 6.42. The van der Waals surface area contributed by atoms with E-state index in [4.69, 9.17) is 26.8 Å². The number of hydrogen-bond donors (Lipinski definition) is 8. The minimum absolute atomic E-state index is 0.304. The third-order valence-corrected chi connectivity index (χ3v) is 3.86. The summed E-state index contributed by atoms with van der Waals surface area (Å²) in [6.45, 7) is 0.599. The van der Waals surface area contributed by atoms with Crippen molar-refractivity contribution in [1.29, 1.82) is 0 Å². The van der Waals surface area contributed by atoms with Gasteiger partial charge in [-0.3, -0.25) is 24.0 Å². The molecule has 0 saturated heterocycles. The Morgan fingerprint density at radius 1 is 0.833 bits per heavy atom. The first-order chi connectivity index (χ1) is 13.9. The van der Waals surface area contributed by atoms with Crippen LogP contribution in [-0.2, 0) is 28.8 Å². The van der Waals surface area contributed by atoms with Crippen molar-refractivity contribution in [3.05, 3.63) is 0 Å². The molecule has 0 aliphatic carbocycles. The summed E-state index contributed by atoms with van der Waals surface area (Å²) in [7, 11) is 0. The van der Waals surface area contributed by atoms with Crippen LogP contribution < -0.4 is 27.4 Å². The van der Waals surface area contributed by atoms with E-state index < -0.39 is 72.8 Å². The molecule has 0 bridgehead atoms. The molecule has 0 spiro atoms. The number of aliphatic hydroxyl groups excluding tert-OH is 1. The first kappa shape index (κ1) is 26.7. The smallest absolute Gasteiger partial charge is 0.326 e. The highest BCUT2D eigenvalue weighted by Gasteiger charge is 2.29. The van der Waals surface area contributed by atoms with E-state index in [1.807, 2.05) is 0 Å². The highest BCUT2D eigenvalue weighted by atomic mass is 16.4. The third-order valence-electron chi connectivity index (χ3n) is 3.86. The molecule has 0 heterocycles. The molecule has 0 aromatic heterocycles. The molecule has 0 rings (SSSR count). The molecule has 0 aliphatic heterocycles. The lowest BCUT2D eigenvalue weighted by atomic mass is 10.1. The van der Waals surface area contributed by atoms with E-state index in [0.717, 1.165) is 0 Å². The Bertz CT molecular complexity index is 669. The van der Waals surface area contributed by atoms with Crippen molar-refractivity contribution in [2.24, 2.45) is 11.5 Å². The second kappa shape index (κ2) is 13.1. The molecular weight excluding hydrogens is 406 g/mol. The van der Waals surface area contributed by atoms with Crippen molar-refractivity contribution in [1.82, 2.24) is 16.0 Å². The van der Waals surface area contributed by atoms with Gasteiger partial charge in [-0.2, -0.15) is 0 Å². The van der Waals surface area contributed by atoms with Crippen LogP contribution in [-0.4, -0.2) is 81.7 Å². The molecule has 4 amide bonds. The zero-order valence-corrected chi connectivity index (χ0v) is 16.3. The molecule has 14 heteroatoms. The lowest BCUT2D eigenvalue weighted by Gasteiger charge is -2.23. The molecule has 170 valence electrons. The summed E-state index contributed by atoms with van der Waals surface area (Å²) in [5, 5.41) is 33.4. The van der Waals surface area contributed by atoms with Gasteiger partial charge in [0.15, 0.2) is 0 Å². The average Bonchev–Trinajstić information content (AvgIpc) is 2.66. The topological polar surface area (TPSA) is 251 Å². The van der Waals surface area contributed by atoms with E-state index in [2.05, 4.69) is 16.0 Å². The molecule has 14 nitrogen and oxygen atoms in total. The summed E-state index contributed by atoms with van der Waals surface area (Å²) < 4.78 is 0. The van der Waals surface area contributed by atoms with E-state index in [0.29, 0.717) is 0 Å². The van der Waals surface area contributed by atoms with Gasteiger partial charge in [0.1, 0.15) is 24.2 Å². The number of nitrogens with one attached hydrogen (secondary N) is 3. The van der Waals surface area contributed by atoms with Crippen LogP contribution in [0.25, 0.3) is 0 Å². The summed E-state index contributed by atoms with van der Waals surface area (Å²) >= 11 is 0. The van der Waals surface area contributed by atoms with Gasteiger partial charge in [0.05, 0.1) is 6.61 Å². The number of aliphatic hydroxyl groups is 1. The van der Waals surface area contributed by atoms with Crippen molar-refractivity contribution in [3.63, 3.8) is 0 Å². The minimum atomic E-state index is -1.49. The molecular formula is C16H27N5O9. The molecule has 0 aliphatic rings. The SMILES string of the molecule is CC(NC(=O)C(N)CO)C(=O)NC(CCC(=O)O)C(=O)NC(CCC(N)=O)C(=O)O. The van der Waals surface area contributed by atoms with Gasteiger partial charge < -0.3 is 42.7 Å². The lowest BCUT2D eigenvalue weighted by molar-refractivity contribution is -0.143. The Hall–Kier alpha value is -3.26. The van der Waals surface area contributed by atoms with Crippen LogP contribution in [0.1, 0.15) is 32.6 Å². The molecule has 10 N–H and O–H groups in total. The number of rotatable bonds is 14. The predicted octanol–water partition coefficient (Wildman–Crippen LogP) is -4.00. The van der Waals surface area contributed by atoms with Crippen molar-refractivity contribution in [2.75, 3.05) is 6.61 Å². The van der Waals surface area contributed by atoms with Crippen molar-refractivity contribution >= 4 is 35.6 Å². The molecule has 0 fully saturated rings. The molecule has 4 unspecified atom stereocenters. The average molecular weight is 433 g/mol. The highest BCUT2D eigenvalue weighted by molar-refractivity contribution is 5.94. The van der Waals surface area contributed by atoms with E-state index in [1.54, 1.807) is 0 Å². The number of carbonyl (C=O) groups excluding carboxylic acids is 4. The fraction of sp³-hybridized carbons (Fsp3) is 0.625. The molecule has 0 aromatic carbocycles. The number of carboxylic acids is 2.